The monoisotopic (exact) mass is 512 g/mol. The molecule has 2 heterocycles. The van der Waals surface area contributed by atoms with E-state index in [4.69, 9.17) is 39.6 Å². The van der Waals surface area contributed by atoms with E-state index >= 15 is 0 Å². The van der Waals surface area contributed by atoms with Crippen molar-refractivity contribution < 1.29 is 32.2 Å². The molecule has 2 saturated heterocycles. The summed E-state index contributed by atoms with van der Waals surface area (Å²) in [4.78, 5) is 27.0. The maximum Gasteiger partial charge on any atom is 0.411 e. The van der Waals surface area contributed by atoms with Crippen molar-refractivity contribution in [3.63, 3.8) is 0 Å². The predicted molar refractivity (Wildman–Crippen MR) is 124 cm³/mol. The first-order valence-electron chi connectivity index (χ1n) is 10.5. The summed E-state index contributed by atoms with van der Waals surface area (Å²) < 4.78 is 52.7. The average Bonchev–Trinajstić information content (AvgIpc) is 3.18. The van der Waals surface area contributed by atoms with Crippen LogP contribution in [0.3, 0.4) is 0 Å². The fraction of sp³-hybridized carbons (Fsp3) is 0.800. The number of hydrogen-bond acceptors (Lipinski definition) is 6. The summed E-state index contributed by atoms with van der Waals surface area (Å²) in [6.45, 7) is 7.02. The number of ether oxygens (including phenoxy) is 2. The molecule has 3 N–H and O–H groups in total. The molecule has 2 aliphatic rings. The Hall–Kier alpha value is -1.89. The molecule has 0 aromatic carbocycles. The quantitative estimate of drug-likeness (QED) is 0.543. The summed E-state index contributed by atoms with van der Waals surface area (Å²) in [5.41, 5.74) is 3.60. The van der Waals surface area contributed by atoms with Crippen LogP contribution < -0.4 is 11.1 Å². The van der Waals surface area contributed by atoms with E-state index in [0.29, 0.717) is 0 Å². The molecule has 33 heavy (non-hydrogen) atoms. The van der Waals surface area contributed by atoms with Gasteiger partial charge in [-0.2, -0.15) is 0 Å². The van der Waals surface area contributed by atoms with Gasteiger partial charge in [0.1, 0.15) is 17.4 Å². The van der Waals surface area contributed by atoms with Gasteiger partial charge in [-0.25, -0.2) is 22.8 Å². The Kier molecular flexibility index (Phi) is 8.10. The molecule has 2 aliphatic heterocycles. The maximum absolute atomic E-state index is 14.1. The third-order valence-corrected chi connectivity index (χ3v) is 5.75. The molecule has 0 bridgehead atoms. The third kappa shape index (κ3) is 7.56. The lowest BCUT2D eigenvalue weighted by molar-refractivity contribution is -0.00211. The van der Waals surface area contributed by atoms with Crippen LogP contribution in [-0.4, -0.2) is 87.0 Å². The smallest absolute Gasteiger partial charge is 0.411 e. The molecular weight excluding hydrogens is 481 g/mol. The Balaban J connectivity index is 2.00. The van der Waals surface area contributed by atoms with Crippen molar-refractivity contribution in [1.82, 2.24) is 15.1 Å². The summed E-state index contributed by atoms with van der Waals surface area (Å²) in [7, 11) is 0. The normalized spacial score (nSPS) is 25.0. The van der Waals surface area contributed by atoms with Gasteiger partial charge in [0.15, 0.2) is 0 Å². The number of carbonyl (C=O) groups excluding carboxylic acids is 2. The Bertz CT molecular complexity index is 807. The van der Waals surface area contributed by atoms with Crippen LogP contribution in [0.2, 0.25) is 0 Å². The Morgan fingerprint density at radius 3 is 2.21 bits per heavy atom. The van der Waals surface area contributed by atoms with Crippen molar-refractivity contribution in [3.05, 3.63) is 0 Å². The van der Waals surface area contributed by atoms with Gasteiger partial charge in [-0.15, -0.1) is 0 Å². The minimum atomic E-state index is -3.12. The van der Waals surface area contributed by atoms with Gasteiger partial charge in [0.2, 0.25) is 0 Å². The van der Waals surface area contributed by atoms with Crippen molar-refractivity contribution in [2.24, 2.45) is 5.73 Å². The van der Waals surface area contributed by atoms with Crippen molar-refractivity contribution in [1.29, 1.82) is 0 Å². The van der Waals surface area contributed by atoms with Crippen LogP contribution in [0.4, 0.5) is 22.8 Å². The molecule has 0 aromatic rings. The largest absolute Gasteiger partial charge is 0.444 e. The van der Waals surface area contributed by atoms with E-state index in [9.17, 15) is 22.8 Å². The van der Waals surface area contributed by atoms with Crippen LogP contribution in [0.5, 0.6) is 0 Å². The van der Waals surface area contributed by atoms with Crippen molar-refractivity contribution in [2.45, 2.75) is 82.8 Å². The van der Waals surface area contributed by atoms with Gasteiger partial charge in [0, 0.05) is 12.8 Å². The number of halogens is 3. The molecular formula is C20H31F3N4O4S2. The number of carbonyl (C=O) groups is 2. The Morgan fingerprint density at radius 2 is 1.67 bits per heavy atom. The van der Waals surface area contributed by atoms with Crippen molar-refractivity contribution in [3.8, 4) is 0 Å². The Labute approximate surface area is 202 Å². The molecule has 0 aliphatic carbocycles. The minimum Gasteiger partial charge on any atom is -0.444 e. The van der Waals surface area contributed by atoms with Crippen LogP contribution >= 0.6 is 24.4 Å². The van der Waals surface area contributed by atoms with Crippen LogP contribution in [0.1, 0.15) is 47.5 Å². The lowest BCUT2D eigenvalue weighted by Crippen LogP contribution is -2.51. The van der Waals surface area contributed by atoms with E-state index in [2.05, 4.69) is 5.32 Å². The number of nitrogens with one attached hydrogen (secondary N) is 1. The first kappa shape index (κ1) is 27.4. The van der Waals surface area contributed by atoms with Gasteiger partial charge in [0.05, 0.1) is 41.7 Å². The van der Waals surface area contributed by atoms with Gasteiger partial charge in [-0.1, -0.05) is 24.4 Å². The number of hydrogen-bond donors (Lipinski definition) is 2. The van der Waals surface area contributed by atoms with E-state index in [1.165, 1.54) is 0 Å². The molecule has 8 nitrogen and oxygen atoms in total. The van der Waals surface area contributed by atoms with Gasteiger partial charge < -0.3 is 20.5 Å². The average molecular weight is 513 g/mol. The van der Waals surface area contributed by atoms with Crippen LogP contribution in [0.25, 0.3) is 0 Å². The maximum atomic E-state index is 14.1. The molecule has 13 heteroatoms. The van der Waals surface area contributed by atoms with E-state index < -0.39 is 60.5 Å². The second kappa shape index (κ2) is 9.77. The van der Waals surface area contributed by atoms with Crippen LogP contribution in [-0.2, 0) is 9.47 Å². The zero-order chi connectivity index (χ0) is 25.4. The molecule has 2 amide bonds. The lowest BCUT2D eigenvalue weighted by Gasteiger charge is -2.32. The number of nitrogens with zero attached hydrogens (tertiary/aromatic N) is 2. The molecule has 3 atom stereocenters. The lowest BCUT2D eigenvalue weighted by atomic mass is 10.1. The molecule has 188 valence electrons. The number of alkyl halides is 3. The van der Waals surface area contributed by atoms with Crippen molar-refractivity contribution >= 4 is 46.6 Å². The second-order valence-electron chi connectivity index (χ2n) is 9.93. The number of likely N-dealkylation sites (tertiary alicyclic amines) is 2. The molecule has 0 radical (unpaired) electrons. The highest BCUT2D eigenvalue weighted by Gasteiger charge is 2.50. The summed E-state index contributed by atoms with van der Waals surface area (Å²) in [6, 6.07) is -1.82. The van der Waals surface area contributed by atoms with Crippen LogP contribution in [0.15, 0.2) is 0 Å². The predicted octanol–water partition coefficient (Wildman–Crippen LogP) is 3.16. The number of rotatable bonds is 5. The number of amides is 2. The highest BCUT2D eigenvalue weighted by molar-refractivity contribution is 7.80. The summed E-state index contributed by atoms with van der Waals surface area (Å²) >= 11 is 10.2. The molecule has 2 fully saturated rings. The SMILES string of the molecule is CC(C)(C)OC(=O)N1CC(F)(F)C[C@H]1C(=S)NCC(C)(C)OC(=O)N1C[C@H](F)C[C@H]1C(N)=S. The van der Waals surface area contributed by atoms with Gasteiger partial charge >= 0.3 is 12.2 Å². The standard InChI is InChI=1S/C20H31F3N4O4S2/c1-18(2,3)30-17(29)27-10-20(22,23)7-13(27)15(33)25-9-19(4,5)31-16(28)26-8-11(21)6-12(26)14(24)32/h11-13H,6-10H2,1-5H3,(H2,24,32)(H,25,33)/t11-,12+,13+/m1/s1. The van der Waals surface area contributed by atoms with Gasteiger partial charge in [-0.05, 0) is 34.6 Å². The highest BCUT2D eigenvalue weighted by atomic mass is 32.1. The summed E-state index contributed by atoms with van der Waals surface area (Å²) in [5, 5.41) is 2.82. The zero-order valence-corrected chi connectivity index (χ0v) is 21.0. The molecule has 0 aromatic heterocycles. The third-order valence-electron chi connectivity index (χ3n) is 5.07. The van der Waals surface area contributed by atoms with E-state index in [-0.39, 0.29) is 29.5 Å². The summed E-state index contributed by atoms with van der Waals surface area (Å²) in [6.07, 6.45) is -3.60. The number of thiocarbonyl (C=S) groups is 2. The molecule has 0 unspecified atom stereocenters. The van der Waals surface area contributed by atoms with Gasteiger partial charge in [-0.3, -0.25) is 9.80 Å². The second-order valence-corrected chi connectivity index (χ2v) is 10.8. The van der Waals surface area contributed by atoms with E-state index in [0.717, 1.165) is 9.80 Å². The van der Waals surface area contributed by atoms with E-state index in [1.54, 1.807) is 34.6 Å². The first-order chi connectivity index (χ1) is 14.9. The summed E-state index contributed by atoms with van der Waals surface area (Å²) in [5.74, 6) is -3.12. The van der Waals surface area contributed by atoms with E-state index in [1.807, 2.05) is 0 Å². The highest BCUT2D eigenvalue weighted by Crippen LogP contribution is 2.33. The molecule has 0 spiro atoms. The molecule has 0 saturated carbocycles. The fourth-order valence-corrected chi connectivity index (χ4v) is 4.07. The van der Waals surface area contributed by atoms with Crippen molar-refractivity contribution in [2.75, 3.05) is 19.6 Å². The molecule has 2 rings (SSSR count). The Morgan fingerprint density at radius 1 is 1.09 bits per heavy atom. The zero-order valence-electron chi connectivity index (χ0n) is 19.3. The minimum absolute atomic E-state index is 0.00356. The number of nitrogens with two attached hydrogens (primary N) is 1. The van der Waals surface area contributed by atoms with Gasteiger partial charge in [0.25, 0.3) is 5.92 Å². The fourth-order valence-electron chi connectivity index (χ4n) is 3.57. The van der Waals surface area contributed by atoms with Crippen LogP contribution in [0, 0.1) is 0 Å². The first-order valence-corrected chi connectivity index (χ1v) is 11.3. The topological polar surface area (TPSA) is 97.1 Å².